The average molecular weight is 383 g/mol. The van der Waals surface area contributed by atoms with Gasteiger partial charge in [-0.3, -0.25) is 4.79 Å². The number of anilines is 1. The first-order valence-electron chi connectivity index (χ1n) is 10.5. The molecule has 1 aliphatic heterocycles. The molecule has 0 unspecified atom stereocenters. The van der Waals surface area contributed by atoms with E-state index in [9.17, 15) is 4.79 Å². The maximum atomic E-state index is 11.7. The molecule has 1 amide bonds. The van der Waals surface area contributed by atoms with Crippen molar-refractivity contribution < 1.29 is 9.53 Å². The minimum absolute atomic E-state index is 0.0418. The number of rotatable bonds is 5. The Morgan fingerprint density at radius 3 is 2.79 bits per heavy atom. The molecule has 3 fully saturated rings. The zero-order valence-corrected chi connectivity index (χ0v) is 16.7. The van der Waals surface area contributed by atoms with E-state index in [4.69, 9.17) is 4.74 Å². The van der Waals surface area contributed by atoms with E-state index in [1.54, 1.807) is 13.3 Å². The molecule has 3 heterocycles. The summed E-state index contributed by atoms with van der Waals surface area (Å²) in [5, 5.41) is 4.28. The smallest absolute Gasteiger partial charge is 0.217 e. The molecule has 0 aromatic carbocycles. The molecule has 2 aliphatic carbocycles. The first-order chi connectivity index (χ1) is 13.6. The molecule has 0 radical (unpaired) electrons. The molecule has 7 heteroatoms. The van der Waals surface area contributed by atoms with Gasteiger partial charge in [0.2, 0.25) is 5.91 Å². The van der Waals surface area contributed by atoms with Gasteiger partial charge in [-0.05, 0) is 49.5 Å². The van der Waals surface area contributed by atoms with E-state index in [0.29, 0.717) is 11.8 Å². The fourth-order valence-electron chi connectivity index (χ4n) is 5.04. The number of nitrogens with zero attached hydrogens (tertiary/aromatic N) is 4. The highest BCUT2D eigenvalue weighted by Crippen LogP contribution is 2.41. The second-order valence-corrected chi connectivity index (χ2v) is 8.88. The highest BCUT2D eigenvalue weighted by molar-refractivity contribution is 5.88. The minimum atomic E-state index is 0.0418. The number of amides is 1. The molecular weight excluding hydrogens is 354 g/mol. The second kappa shape index (κ2) is 7.03. The van der Waals surface area contributed by atoms with E-state index < -0.39 is 0 Å². The Kier molecular flexibility index (Phi) is 4.50. The predicted octanol–water partition coefficient (Wildman–Crippen LogP) is 2.11. The Morgan fingerprint density at radius 1 is 1.25 bits per heavy atom. The summed E-state index contributed by atoms with van der Waals surface area (Å²) in [6.07, 6.45) is 8.42. The lowest BCUT2D eigenvalue weighted by molar-refractivity contribution is -0.122. The van der Waals surface area contributed by atoms with E-state index in [-0.39, 0.29) is 18.1 Å². The summed E-state index contributed by atoms with van der Waals surface area (Å²) in [6.45, 7) is 4.44. The second-order valence-electron chi connectivity index (χ2n) is 8.88. The maximum absolute atomic E-state index is 11.7. The first kappa shape index (κ1) is 17.9. The number of aromatic nitrogens is 3. The van der Waals surface area contributed by atoms with Crippen LogP contribution in [0.25, 0.3) is 11.0 Å². The van der Waals surface area contributed by atoms with Gasteiger partial charge in [0, 0.05) is 39.9 Å². The summed E-state index contributed by atoms with van der Waals surface area (Å²) in [4.78, 5) is 23.2. The Balaban J connectivity index is 1.34. The van der Waals surface area contributed by atoms with Crippen LogP contribution in [0.4, 0.5) is 5.82 Å². The van der Waals surface area contributed by atoms with Crippen molar-refractivity contribution in [1.82, 2.24) is 19.9 Å². The van der Waals surface area contributed by atoms with E-state index >= 15 is 0 Å². The third-order valence-electron chi connectivity index (χ3n) is 6.69. The van der Waals surface area contributed by atoms with Crippen molar-refractivity contribution in [3.05, 3.63) is 18.6 Å². The van der Waals surface area contributed by atoms with Gasteiger partial charge < -0.3 is 19.5 Å². The largest absolute Gasteiger partial charge is 0.376 e. The van der Waals surface area contributed by atoms with Crippen LogP contribution in [-0.4, -0.2) is 52.3 Å². The van der Waals surface area contributed by atoms with Crippen LogP contribution in [0.2, 0.25) is 0 Å². The Labute approximate surface area is 165 Å². The quantitative estimate of drug-likeness (QED) is 0.856. The van der Waals surface area contributed by atoms with Crippen LogP contribution in [0.3, 0.4) is 0 Å². The lowest BCUT2D eigenvalue weighted by atomic mass is 9.77. The van der Waals surface area contributed by atoms with Gasteiger partial charge >= 0.3 is 0 Å². The van der Waals surface area contributed by atoms with E-state index in [1.807, 2.05) is 17.8 Å². The fraction of sp³-hybridized carbons (Fsp3) is 0.667. The van der Waals surface area contributed by atoms with Crippen molar-refractivity contribution >= 4 is 22.8 Å². The number of hydrogen-bond acceptors (Lipinski definition) is 5. The van der Waals surface area contributed by atoms with Gasteiger partial charge in [-0.25, -0.2) is 9.97 Å². The Bertz CT molecular complexity index is 877. The zero-order chi connectivity index (χ0) is 19.3. The molecule has 4 atom stereocenters. The highest BCUT2D eigenvalue weighted by Gasteiger charge is 2.44. The number of carbonyl (C=O) groups excluding carboxylic acids is 1. The van der Waals surface area contributed by atoms with E-state index in [0.717, 1.165) is 55.3 Å². The third kappa shape index (κ3) is 3.36. The van der Waals surface area contributed by atoms with Crippen molar-refractivity contribution in [1.29, 1.82) is 0 Å². The van der Waals surface area contributed by atoms with Gasteiger partial charge in [0.15, 0.2) is 0 Å². The minimum Gasteiger partial charge on any atom is -0.376 e. The van der Waals surface area contributed by atoms with Crippen molar-refractivity contribution in [2.75, 3.05) is 24.6 Å². The number of nitrogens with one attached hydrogen (secondary N) is 1. The van der Waals surface area contributed by atoms with Gasteiger partial charge in [0.05, 0.1) is 17.5 Å². The number of hydrogen-bond donors (Lipinski definition) is 1. The molecule has 2 aromatic rings. The SMILES string of the molecule is CC(=O)N[C@@H]1C[C@@H]2CN(c3ncnc4c3ccn4C)C[C@@H]2C[C@H]1OCC1CC1. The lowest BCUT2D eigenvalue weighted by Crippen LogP contribution is -2.50. The Hall–Kier alpha value is -2.15. The topological polar surface area (TPSA) is 72.3 Å². The molecule has 1 N–H and O–H groups in total. The fourth-order valence-corrected chi connectivity index (χ4v) is 5.04. The van der Waals surface area contributed by atoms with Crippen LogP contribution >= 0.6 is 0 Å². The van der Waals surface area contributed by atoms with Gasteiger partial charge in [0.1, 0.15) is 17.8 Å². The summed E-state index contributed by atoms with van der Waals surface area (Å²) >= 11 is 0. The predicted molar refractivity (Wildman–Crippen MR) is 107 cm³/mol. The van der Waals surface area contributed by atoms with E-state index in [1.165, 1.54) is 12.8 Å². The lowest BCUT2D eigenvalue weighted by Gasteiger charge is -2.38. The Morgan fingerprint density at radius 2 is 2.04 bits per heavy atom. The van der Waals surface area contributed by atoms with Crippen molar-refractivity contribution in [2.24, 2.45) is 24.8 Å². The third-order valence-corrected chi connectivity index (χ3v) is 6.69. The van der Waals surface area contributed by atoms with Crippen molar-refractivity contribution in [3.8, 4) is 0 Å². The summed E-state index contributed by atoms with van der Waals surface area (Å²) in [5.74, 6) is 2.96. The summed E-state index contributed by atoms with van der Waals surface area (Å²) in [5.41, 5.74) is 0.974. The molecule has 2 saturated carbocycles. The monoisotopic (exact) mass is 383 g/mol. The van der Waals surface area contributed by atoms with Crippen LogP contribution in [0.15, 0.2) is 18.6 Å². The van der Waals surface area contributed by atoms with Crippen molar-refractivity contribution in [3.63, 3.8) is 0 Å². The van der Waals surface area contributed by atoms with Gasteiger partial charge in [0.25, 0.3) is 0 Å². The standard InChI is InChI=1S/C21H29N5O2/c1-13(27)24-18-7-15-9-26(10-16(15)8-19(18)28-11-14-3-4-14)21-17-5-6-25(2)20(17)22-12-23-21/h5-6,12,14-16,18-19H,3-4,7-11H2,1-2H3,(H,24,27)/t15-,16+,18-,19-/m1/s1. The van der Waals surface area contributed by atoms with Gasteiger partial charge in [-0.1, -0.05) is 0 Å². The van der Waals surface area contributed by atoms with Crippen molar-refractivity contribution in [2.45, 2.75) is 44.8 Å². The number of ether oxygens (including phenoxy) is 1. The number of fused-ring (bicyclic) bond motifs is 2. The van der Waals surface area contributed by atoms with Crippen LogP contribution in [0.5, 0.6) is 0 Å². The highest BCUT2D eigenvalue weighted by atomic mass is 16.5. The molecule has 5 rings (SSSR count). The average Bonchev–Trinajstić information content (AvgIpc) is 3.30. The molecule has 7 nitrogen and oxygen atoms in total. The molecule has 150 valence electrons. The molecule has 0 bridgehead atoms. The molecular formula is C21H29N5O2. The molecule has 2 aromatic heterocycles. The molecule has 28 heavy (non-hydrogen) atoms. The van der Waals surface area contributed by atoms with E-state index in [2.05, 4.69) is 26.3 Å². The number of carbonyl (C=O) groups is 1. The normalized spacial score (nSPS) is 29.9. The molecule has 3 aliphatic rings. The summed E-state index contributed by atoms with van der Waals surface area (Å²) in [7, 11) is 2.02. The van der Waals surface area contributed by atoms with Crippen LogP contribution in [0, 0.1) is 17.8 Å². The van der Waals surface area contributed by atoms with Crippen LogP contribution < -0.4 is 10.2 Å². The maximum Gasteiger partial charge on any atom is 0.217 e. The van der Waals surface area contributed by atoms with Gasteiger partial charge in [-0.2, -0.15) is 0 Å². The van der Waals surface area contributed by atoms with Crippen LogP contribution in [-0.2, 0) is 16.6 Å². The molecule has 0 spiro atoms. The molecule has 1 saturated heterocycles. The number of aryl methyl sites for hydroxylation is 1. The first-order valence-corrected chi connectivity index (χ1v) is 10.5. The van der Waals surface area contributed by atoms with Gasteiger partial charge in [-0.15, -0.1) is 0 Å². The summed E-state index contributed by atoms with van der Waals surface area (Å²) in [6, 6.07) is 2.23. The van der Waals surface area contributed by atoms with Crippen LogP contribution in [0.1, 0.15) is 32.6 Å². The zero-order valence-electron chi connectivity index (χ0n) is 16.7. The summed E-state index contributed by atoms with van der Waals surface area (Å²) < 4.78 is 8.32.